The maximum atomic E-state index is 12.4. The summed E-state index contributed by atoms with van der Waals surface area (Å²) in [5.74, 6) is 0.250. The molecule has 2 rings (SSSR count). The highest BCUT2D eigenvalue weighted by atomic mass is 16.5. The van der Waals surface area contributed by atoms with Crippen molar-refractivity contribution in [1.29, 1.82) is 0 Å². The van der Waals surface area contributed by atoms with E-state index in [1.807, 2.05) is 19.0 Å². The van der Waals surface area contributed by atoms with Crippen molar-refractivity contribution in [2.24, 2.45) is 0 Å². The molecule has 0 aromatic heterocycles. The zero-order valence-corrected chi connectivity index (χ0v) is 14.0. The fraction of sp³-hybridized carbons (Fsp3) is 0.867. The molecule has 2 aliphatic rings. The summed E-state index contributed by atoms with van der Waals surface area (Å²) in [6, 6.07) is 0. The summed E-state index contributed by atoms with van der Waals surface area (Å²) in [6.45, 7) is 7.78. The molecule has 2 aliphatic heterocycles. The van der Waals surface area contributed by atoms with Crippen molar-refractivity contribution in [2.45, 2.75) is 13.0 Å². The number of rotatable bonds is 4. The van der Waals surface area contributed by atoms with Crippen LogP contribution in [0.3, 0.4) is 0 Å². The minimum Gasteiger partial charge on any atom is -0.374 e. The third-order valence-electron chi connectivity index (χ3n) is 4.23. The molecule has 7 nitrogen and oxygen atoms in total. The molecule has 0 aromatic rings. The zero-order valence-electron chi connectivity index (χ0n) is 14.0. The molecule has 0 aliphatic carbocycles. The fourth-order valence-corrected chi connectivity index (χ4v) is 3.00. The first-order valence-electron chi connectivity index (χ1n) is 7.97. The third-order valence-corrected chi connectivity index (χ3v) is 4.23. The molecule has 2 saturated heterocycles. The Morgan fingerprint density at radius 1 is 1.09 bits per heavy atom. The maximum Gasteiger partial charge on any atom is 0.236 e. The van der Waals surface area contributed by atoms with Gasteiger partial charge in [0.05, 0.1) is 19.3 Å². The molecule has 0 N–H and O–H groups in total. The van der Waals surface area contributed by atoms with E-state index in [0.717, 1.165) is 19.6 Å². The lowest BCUT2D eigenvalue weighted by Crippen LogP contribution is -2.54. The van der Waals surface area contributed by atoms with Crippen molar-refractivity contribution in [3.8, 4) is 0 Å². The molecule has 1 atom stereocenters. The van der Waals surface area contributed by atoms with Crippen LogP contribution in [0.5, 0.6) is 0 Å². The Labute approximate surface area is 132 Å². The van der Waals surface area contributed by atoms with Gasteiger partial charge in [0.25, 0.3) is 0 Å². The number of carbonyl (C=O) groups excluding carboxylic acids is 2. The minimum atomic E-state index is 0.0896. The number of piperazine rings is 1. The van der Waals surface area contributed by atoms with E-state index in [9.17, 15) is 9.59 Å². The number of hydrogen-bond donors (Lipinski definition) is 0. The number of nitrogens with zero attached hydrogens (tertiary/aromatic N) is 4. The van der Waals surface area contributed by atoms with Gasteiger partial charge < -0.3 is 19.4 Å². The summed E-state index contributed by atoms with van der Waals surface area (Å²) in [7, 11) is 4.06. The van der Waals surface area contributed by atoms with E-state index >= 15 is 0 Å². The van der Waals surface area contributed by atoms with Crippen molar-refractivity contribution in [1.82, 2.24) is 19.6 Å². The molecule has 7 heteroatoms. The second kappa shape index (κ2) is 7.89. The first-order chi connectivity index (χ1) is 10.5. The van der Waals surface area contributed by atoms with Crippen molar-refractivity contribution in [2.75, 3.05) is 73.1 Å². The first kappa shape index (κ1) is 17.2. The molecular weight excluding hydrogens is 284 g/mol. The normalized spacial score (nSPS) is 23.9. The van der Waals surface area contributed by atoms with Crippen LogP contribution in [-0.4, -0.2) is 111 Å². The van der Waals surface area contributed by atoms with E-state index in [0.29, 0.717) is 39.3 Å². The molecule has 126 valence electrons. The molecule has 0 saturated carbocycles. The number of carbonyl (C=O) groups is 2. The van der Waals surface area contributed by atoms with E-state index in [-0.39, 0.29) is 17.9 Å². The SMILES string of the molecule is CC(=O)N1CCN(C(=O)CN2CCOC(CN(C)C)C2)CC1. The average molecular weight is 312 g/mol. The lowest BCUT2D eigenvalue weighted by Gasteiger charge is -2.37. The minimum absolute atomic E-state index is 0.0896. The van der Waals surface area contributed by atoms with Crippen molar-refractivity contribution < 1.29 is 14.3 Å². The largest absolute Gasteiger partial charge is 0.374 e. The molecule has 2 fully saturated rings. The summed E-state index contributed by atoms with van der Waals surface area (Å²) in [6.07, 6.45) is 0.172. The van der Waals surface area contributed by atoms with Gasteiger partial charge in [-0.3, -0.25) is 14.5 Å². The Hall–Kier alpha value is -1.18. The van der Waals surface area contributed by atoms with Crippen molar-refractivity contribution in [3.63, 3.8) is 0 Å². The van der Waals surface area contributed by atoms with Gasteiger partial charge in [-0.25, -0.2) is 0 Å². The lowest BCUT2D eigenvalue weighted by atomic mass is 10.2. The smallest absolute Gasteiger partial charge is 0.236 e. The summed E-state index contributed by atoms with van der Waals surface area (Å²) in [4.78, 5) is 31.7. The number of ether oxygens (including phenoxy) is 1. The molecule has 0 aromatic carbocycles. The van der Waals surface area contributed by atoms with Gasteiger partial charge in [0.15, 0.2) is 0 Å². The molecule has 2 heterocycles. The Morgan fingerprint density at radius 2 is 1.73 bits per heavy atom. The van der Waals surface area contributed by atoms with Crippen molar-refractivity contribution >= 4 is 11.8 Å². The average Bonchev–Trinajstić information content (AvgIpc) is 2.47. The third kappa shape index (κ3) is 4.93. The van der Waals surface area contributed by atoms with E-state index in [1.165, 1.54) is 0 Å². The number of likely N-dealkylation sites (N-methyl/N-ethyl adjacent to an activating group) is 1. The van der Waals surface area contributed by atoms with E-state index in [1.54, 1.807) is 11.8 Å². The van der Waals surface area contributed by atoms with Crippen LogP contribution in [0.4, 0.5) is 0 Å². The fourth-order valence-electron chi connectivity index (χ4n) is 3.00. The van der Waals surface area contributed by atoms with Gasteiger partial charge in [0.1, 0.15) is 0 Å². The van der Waals surface area contributed by atoms with E-state index < -0.39 is 0 Å². The van der Waals surface area contributed by atoms with Gasteiger partial charge >= 0.3 is 0 Å². The second-order valence-corrected chi connectivity index (χ2v) is 6.38. The van der Waals surface area contributed by atoms with Crippen molar-refractivity contribution in [3.05, 3.63) is 0 Å². The van der Waals surface area contributed by atoms with Crippen LogP contribution in [-0.2, 0) is 14.3 Å². The molecule has 0 radical (unpaired) electrons. The monoisotopic (exact) mass is 312 g/mol. The van der Waals surface area contributed by atoms with Gasteiger partial charge in [0.2, 0.25) is 11.8 Å². The van der Waals surface area contributed by atoms with E-state index in [2.05, 4.69) is 9.80 Å². The maximum absolute atomic E-state index is 12.4. The molecule has 0 spiro atoms. The van der Waals surface area contributed by atoms with Gasteiger partial charge in [-0.15, -0.1) is 0 Å². The topological polar surface area (TPSA) is 56.3 Å². The van der Waals surface area contributed by atoms with E-state index in [4.69, 9.17) is 4.74 Å². The van der Waals surface area contributed by atoms with Gasteiger partial charge in [-0.2, -0.15) is 0 Å². The van der Waals surface area contributed by atoms with Crippen LogP contribution in [0.2, 0.25) is 0 Å². The first-order valence-corrected chi connectivity index (χ1v) is 7.97. The Balaban J connectivity index is 1.76. The second-order valence-electron chi connectivity index (χ2n) is 6.38. The number of hydrogen-bond acceptors (Lipinski definition) is 5. The highest BCUT2D eigenvalue weighted by Gasteiger charge is 2.26. The molecule has 2 amide bonds. The summed E-state index contributed by atoms with van der Waals surface area (Å²) >= 11 is 0. The summed E-state index contributed by atoms with van der Waals surface area (Å²) in [5, 5.41) is 0. The highest BCUT2D eigenvalue weighted by Crippen LogP contribution is 2.08. The summed E-state index contributed by atoms with van der Waals surface area (Å²) < 4.78 is 5.73. The Kier molecular flexibility index (Phi) is 6.16. The predicted molar refractivity (Wildman–Crippen MR) is 83.6 cm³/mol. The number of amides is 2. The highest BCUT2D eigenvalue weighted by molar-refractivity contribution is 5.79. The molecular formula is C15H28N4O3. The lowest BCUT2D eigenvalue weighted by molar-refractivity contribution is -0.140. The van der Waals surface area contributed by atoms with Crippen LogP contribution >= 0.6 is 0 Å². The quantitative estimate of drug-likeness (QED) is 0.662. The van der Waals surface area contributed by atoms with Crippen LogP contribution in [0.1, 0.15) is 6.92 Å². The molecule has 22 heavy (non-hydrogen) atoms. The van der Waals surface area contributed by atoms with Crippen LogP contribution in [0.15, 0.2) is 0 Å². The van der Waals surface area contributed by atoms with Gasteiger partial charge in [0, 0.05) is 52.7 Å². The Bertz CT molecular complexity index is 394. The predicted octanol–water partition coefficient (Wildman–Crippen LogP) is -1.06. The number of morpholine rings is 1. The zero-order chi connectivity index (χ0) is 16.1. The standard InChI is InChI=1S/C15H28N4O3/c1-13(20)18-4-6-19(7-5-18)15(21)12-17-8-9-22-14(11-17)10-16(2)3/h14H,4-12H2,1-3H3. The molecule has 0 bridgehead atoms. The van der Waals surface area contributed by atoms with Gasteiger partial charge in [-0.05, 0) is 14.1 Å². The van der Waals surface area contributed by atoms with Crippen LogP contribution in [0, 0.1) is 0 Å². The summed E-state index contributed by atoms with van der Waals surface area (Å²) in [5.41, 5.74) is 0. The van der Waals surface area contributed by atoms with Gasteiger partial charge in [-0.1, -0.05) is 0 Å². The van der Waals surface area contributed by atoms with Crippen LogP contribution < -0.4 is 0 Å². The molecule has 1 unspecified atom stereocenters. The van der Waals surface area contributed by atoms with Crippen LogP contribution in [0.25, 0.3) is 0 Å². The Morgan fingerprint density at radius 3 is 2.32 bits per heavy atom.